The van der Waals surface area contributed by atoms with Crippen LogP contribution in [0.15, 0.2) is 0 Å². The Morgan fingerprint density at radius 2 is 2.20 bits per heavy atom. The molecule has 0 atom stereocenters. The van der Waals surface area contributed by atoms with E-state index >= 15 is 0 Å². The summed E-state index contributed by atoms with van der Waals surface area (Å²) in [6.07, 6.45) is 1.35. The maximum atomic E-state index is 10.3. The summed E-state index contributed by atoms with van der Waals surface area (Å²) in [5.41, 5.74) is -0.783. The van der Waals surface area contributed by atoms with Crippen molar-refractivity contribution in [2.24, 2.45) is 0 Å². The van der Waals surface area contributed by atoms with Gasteiger partial charge in [-0.15, -0.1) is 0 Å². The minimum absolute atomic E-state index is 0. The summed E-state index contributed by atoms with van der Waals surface area (Å²) >= 11 is 0. The molecule has 4 heteroatoms. The van der Waals surface area contributed by atoms with Crippen LogP contribution in [0.3, 0.4) is 0 Å². The Bertz CT molecular complexity index is 131. The number of hydrogen-bond donors (Lipinski definition) is 1. The molecular formula is C6H11LiO3. The van der Waals surface area contributed by atoms with Crippen LogP contribution in [0, 0.1) is 0 Å². The molecule has 0 saturated heterocycles. The van der Waals surface area contributed by atoms with Crippen LogP contribution in [0.5, 0.6) is 0 Å². The summed E-state index contributed by atoms with van der Waals surface area (Å²) in [5, 5.41) is 8.51. The van der Waals surface area contributed by atoms with Gasteiger partial charge in [0.05, 0.1) is 0 Å². The van der Waals surface area contributed by atoms with Gasteiger partial charge in [-0.05, 0) is 19.8 Å². The fraction of sp³-hybridized carbons (Fsp3) is 0.833. The van der Waals surface area contributed by atoms with E-state index in [-0.39, 0.29) is 18.9 Å². The Kier molecular flexibility index (Phi) is 3.44. The van der Waals surface area contributed by atoms with Crippen molar-refractivity contribution in [3.8, 4) is 0 Å². The summed E-state index contributed by atoms with van der Waals surface area (Å²) in [6.45, 7) is 2.30. The molecule has 0 heterocycles. The second-order valence-electron chi connectivity index (χ2n) is 2.23. The van der Waals surface area contributed by atoms with E-state index in [2.05, 4.69) is 0 Å². The topological polar surface area (TPSA) is 46.5 Å². The number of hydrogen-bond acceptors (Lipinski definition) is 2. The van der Waals surface area contributed by atoms with Crippen LogP contribution < -0.4 is 0 Å². The third-order valence-corrected chi connectivity index (χ3v) is 1.51. The maximum absolute atomic E-state index is 10.3. The van der Waals surface area contributed by atoms with Crippen LogP contribution in [0.2, 0.25) is 0 Å². The number of carboxylic acid groups (broad SMARTS) is 1. The molecular weight excluding hydrogens is 127 g/mol. The predicted molar refractivity (Wildman–Crippen MR) is 38.4 cm³/mol. The predicted octanol–water partition coefficient (Wildman–Crippen LogP) is -0.00840. The van der Waals surface area contributed by atoms with Crippen LogP contribution >= 0.6 is 0 Å². The van der Waals surface area contributed by atoms with E-state index in [1.165, 1.54) is 0 Å². The third-order valence-electron chi connectivity index (χ3n) is 1.51. The van der Waals surface area contributed by atoms with E-state index in [4.69, 9.17) is 9.84 Å². The molecule has 0 aromatic heterocycles. The molecule has 1 saturated carbocycles. The molecule has 0 unspecified atom stereocenters. The van der Waals surface area contributed by atoms with Crippen LogP contribution in [0.25, 0.3) is 0 Å². The summed E-state index contributed by atoms with van der Waals surface area (Å²) in [5.74, 6) is -0.815. The molecule has 10 heavy (non-hydrogen) atoms. The standard InChI is InChI=1S/C6H10O3.Li.H/c1-2-9-6(3-4-6)5(7)8;;/h2-4H2,1H3,(H,7,8);;. The van der Waals surface area contributed by atoms with Gasteiger partial charge in [0.25, 0.3) is 0 Å². The molecule has 3 nitrogen and oxygen atoms in total. The summed E-state index contributed by atoms with van der Waals surface area (Å²) in [7, 11) is 0. The first kappa shape index (κ1) is 10.0. The van der Waals surface area contributed by atoms with Crippen molar-refractivity contribution < 1.29 is 14.6 Å². The summed E-state index contributed by atoms with van der Waals surface area (Å²) in [4.78, 5) is 10.3. The molecule has 1 aliphatic carbocycles. The van der Waals surface area contributed by atoms with Gasteiger partial charge in [0.1, 0.15) is 0 Å². The zero-order valence-electron chi connectivity index (χ0n) is 5.39. The molecule has 1 N–H and O–H groups in total. The average Bonchev–Trinajstić information content (AvgIpc) is 2.49. The quantitative estimate of drug-likeness (QED) is 0.558. The Hall–Kier alpha value is 0.0274. The molecule has 0 spiro atoms. The van der Waals surface area contributed by atoms with Crippen LogP contribution in [0.4, 0.5) is 0 Å². The first-order valence-electron chi connectivity index (χ1n) is 3.08. The average molecular weight is 138 g/mol. The van der Waals surface area contributed by atoms with Crippen molar-refractivity contribution in [1.82, 2.24) is 0 Å². The normalized spacial score (nSPS) is 19.3. The third kappa shape index (κ3) is 1.76. The van der Waals surface area contributed by atoms with Gasteiger partial charge in [0.2, 0.25) is 0 Å². The van der Waals surface area contributed by atoms with E-state index < -0.39 is 11.6 Å². The molecule has 0 bridgehead atoms. The fourth-order valence-corrected chi connectivity index (χ4v) is 0.810. The molecule has 0 radical (unpaired) electrons. The van der Waals surface area contributed by atoms with Gasteiger partial charge in [0, 0.05) is 6.61 Å². The summed E-state index contributed by atoms with van der Waals surface area (Å²) in [6, 6.07) is 0. The second kappa shape index (κ2) is 3.43. The van der Waals surface area contributed by atoms with Crippen LogP contribution in [0.1, 0.15) is 19.8 Å². The number of aliphatic carboxylic acids is 1. The number of carboxylic acids is 1. The zero-order valence-corrected chi connectivity index (χ0v) is 5.39. The fourth-order valence-electron chi connectivity index (χ4n) is 0.810. The molecule has 1 fully saturated rings. The molecule has 0 amide bonds. The Morgan fingerprint density at radius 1 is 1.70 bits per heavy atom. The van der Waals surface area contributed by atoms with Crippen LogP contribution in [-0.4, -0.2) is 42.1 Å². The molecule has 0 aromatic carbocycles. The van der Waals surface area contributed by atoms with E-state index in [1.54, 1.807) is 0 Å². The van der Waals surface area contributed by atoms with Crippen molar-refractivity contribution in [2.45, 2.75) is 25.4 Å². The van der Waals surface area contributed by atoms with Gasteiger partial charge in [0.15, 0.2) is 5.60 Å². The van der Waals surface area contributed by atoms with Crippen molar-refractivity contribution >= 4 is 24.8 Å². The molecule has 1 rings (SSSR count). The van der Waals surface area contributed by atoms with Crippen LogP contribution in [-0.2, 0) is 9.53 Å². The van der Waals surface area contributed by atoms with Crippen molar-refractivity contribution in [2.75, 3.05) is 6.61 Å². The minimum atomic E-state index is -0.815. The van der Waals surface area contributed by atoms with E-state index in [0.717, 1.165) is 0 Å². The number of ether oxygens (including phenoxy) is 1. The molecule has 0 aromatic rings. The van der Waals surface area contributed by atoms with Crippen molar-refractivity contribution in [1.29, 1.82) is 0 Å². The molecule has 1 aliphatic rings. The molecule has 0 aliphatic heterocycles. The Balaban J connectivity index is 0.000000810. The van der Waals surface area contributed by atoms with Gasteiger partial charge in [-0.2, -0.15) is 0 Å². The first-order chi connectivity index (χ1) is 4.21. The SMILES string of the molecule is CCOC1(C(=O)O)CC1.[LiH]. The van der Waals surface area contributed by atoms with Gasteiger partial charge < -0.3 is 9.84 Å². The monoisotopic (exact) mass is 138 g/mol. The van der Waals surface area contributed by atoms with Gasteiger partial charge >= 0.3 is 24.8 Å². The van der Waals surface area contributed by atoms with E-state index in [9.17, 15) is 4.79 Å². The summed E-state index contributed by atoms with van der Waals surface area (Å²) < 4.78 is 5.00. The van der Waals surface area contributed by atoms with Gasteiger partial charge in [-0.25, -0.2) is 4.79 Å². The van der Waals surface area contributed by atoms with Crippen molar-refractivity contribution in [3.05, 3.63) is 0 Å². The Labute approximate surface area is 71.9 Å². The van der Waals surface area contributed by atoms with Gasteiger partial charge in [-0.1, -0.05) is 0 Å². The zero-order chi connectivity index (χ0) is 6.91. The molecule has 54 valence electrons. The Morgan fingerprint density at radius 3 is 2.30 bits per heavy atom. The van der Waals surface area contributed by atoms with E-state index in [0.29, 0.717) is 19.4 Å². The number of rotatable bonds is 3. The first-order valence-corrected chi connectivity index (χ1v) is 3.08. The van der Waals surface area contributed by atoms with Crippen molar-refractivity contribution in [3.63, 3.8) is 0 Å². The van der Waals surface area contributed by atoms with E-state index in [1.807, 2.05) is 6.92 Å². The second-order valence-corrected chi connectivity index (χ2v) is 2.23. The van der Waals surface area contributed by atoms with Gasteiger partial charge in [-0.3, -0.25) is 0 Å². The number of carbonyl (C=O) groups is 1.